The number of rotatable bonds is 7. The summed E-state index contributed by atoms with van der Waals surface area (Å²) in [5.74, 6) is -1.04. The van der Waals surface area contributed by atoms with Crippen molar-refractivity contribution < 1.29 is 23.0 Å². The lowest BCUT2D eigenvalue weighted by Gasteiger charge is -2.04. The number of carbonyl (C=O) groups is 1. The maximum absolute atomic E-state index is 13.5. The number of thiazole rings is 1. The number of halogens is 2. The van der Waals surface area contributed by atoms with Crippen LogP contribution in [0.1, 0.15) is 5.69 Å². The van der Waals surface area contributed by atoms with Crippen LogP contribution < -0.4 is 4.74 Å². The molecule has 0 amide bonds. The van der Waals surface area contributed by atoms with E-state index in [1.807, 2.05) is 29.6 Å². The molecule has 0 N–H and O–H groups in total. The van der Waals surface area contributed by atoms with Crippen molar-refractivity contribution in [2.75, 3.05) is 12.9 Å². The summed E-state index contributed by atoms with van der Waals surface area (Å²) in [7, 11) is 1.60. The number of ether oxygens (including phenoxy) is 2. The number of hydrogen-bond donors (Lipinski definition) is 0. The topological polar surface area (TPSA) is 48.4 Å². The van der Waals surface area contributed by atoms with Gasteiger partial charge in [-0.25, -0.2) is 13.8 Å². The fraction of sp³-hybridized carbons (Fsp3) is 0.158. The zero-order valence-electron chi connectivity index (χ0n) is 14.3. The number of methoxy groups -OCH3 is 1. The lowest BCUT2D eigenvalue weighted by Crippen LogP contribution is -2.07. The Morgan fingerprint density at radius 3 is 2.89 bits per heavy atom. The van der Waals surface area contributed by atoms with Gasteiger partial charge in [-0.3, -0.25) is 4.79 Å². The summed E-state index contributed by atoms with van der Waals surface area (Å²) in [4.78, 5) is 16.4. The minimum absolute atomic E-state index is 0.0193. The zero-order valence-corrected chi connectivity index (χ0v) is 15.9. The Hall–Kier alpha value is -2.45. The quantitative estimate of drug-likeness (QED) is 0.410. The average molecular weight is 407 g/mol. The summed E-state index contributed by atoms with van der Waals surface area (Å²) < 4.78 is 37.0. The summed E-state index contributed by atoms with van der Waals surface area (Å²) in [6.07, 6.45) is 0. The van der Waals surface area contributed by atoms with Crippen LogP contribution in [0.15, 0.2) is 52.7 Å². The van der Waals surface area contributed by atoms with E-state index in [2.05, 4.69) is 4.98 Å². The molecule has 1 heterocycles. The fourth-order valence-electron chi connectivity index (χ4n) is 2.18. The van der Waals surface area contributed by atoms with Crippen LogP contribution in [0, 0.1) is 11.6 Å². The Labute approximate surface area is 163 Å². The highest BCUT2D eigenvalue weighted by atomic mass is 32.2. The van der Waals surface area contributed by atoms with E-state index in [4.69, 9.17) is 9.47 Å². The van der Waals surface area contributed by atoms with Gasteiger partial charge in [0.1, 0.15) is 29.0 Å². The summed E-state index contributed by atoms with van der Waals surface area (Å²) in [6.45, 7) is 0.0193. The summed E-state index contributed by atoms with van der Waals surface area (Å²) >= 11 is 2.32. The molecule has 3 rings (SSSR count). The van der Waals surface area contributed by atoms with Gasteiger partial charge in [0, 0.05) is 15.8 Å². The minimum Gasteiger partial charge on any atom is -0.497 e. The lowest BCUT2D eigenvalue weighted by molar-refractivity contribution is -0.141. The van der Waals surface area contributed by atoms with Crippen LogP contribution in [0.4, 0.5) is 8.78 Å². The van der Waals surface area contributed by atoms with Gasteiger partial charge >= 0.3 is 5.97 Å². The molecule has 0 saturated heterocycles. The van der Waals surface area contributed by atoms with E-state index in [0.717, 1.165) is 46.3 Å². The first-order chi connectivity index (χ1) is 13.0. The molecular formula is C19H15F2NO3S2. The molecule has 1 aromatic heterocycles. The predicted molar refractivity (Wildman–Crippen MR) is 101 cm³/mol. The van der Waals surface area contributed by atoms with E-state index in [9.17, 15) is 13.6 Å². The molecule has 8 heteroatoms. The van der Waals surface area contributed by atoms with Gasteiger partial charge in [0.15, 0.2) is 0 Å². The molecule has 0 bridgehead atoms. The molecule has 0 radical (unpaired) electrons. The van der Waals surface area contributed by atoms with Gasteiger partial charge in [0.2, 0.25) is 0 Å². The highest BCUT2D eigenvalue weighted by Crippen LogP contribution is 2.27. The van der Waals surface area contributed by atoms with Crippen molar-refractivity contribution in [2.24, 2.45) is 0 Å². The summed E-state index contributed by atoms with van der Waals surface area (Å²) in [5.41, 5.74) is 1.53. The molecule has 0 aliphatic carbocycles. The Morgan fingerprint density at radius 2 is 2.07 bits per heavy atom. The number of aromatic nitrogens is 1. The van der Waals surface area contributed by atoms with Crippen molar-refractivity contribution in [3.63, 3.8) is 0 Å². The molecule has 3 aromatic rings. The third kappa shape index (κ3) is 5.27. The van der Waals surface area contributed by atoms with Crippen LogP contribution in [-0.2, 0) is 16.1 Å². The summed E-state index contributed by atoms with van der Waals surface area (Å²) in [6, 6.07) is 10.6. The van der Waals surface area contributed by atoms with Crippen molar-refractivity contribution in [3.05, 3.63) is 65.2 Å². The van der Waals surface area contributed by atoms with Crippen LogP contribution in [0.2, 0.25) is 0 Å². The van der Waals surface area contributed by atoms with E-state index in [0.29, 0.717) is 5.69 Å². The first-order valence-corrected chi connectivity index (χ1v) is 9.74. The number of carbonyl (C=O) groups excluding carboxylic acids is 1. The van der Waals surface area contributed by atoms with Gasteiger partial charge in [0.25, 0.3) is 0 Å². The van der Waals surface area contributed by atoms with Crippen molar-refractivity contribution in [3.8, 4) is 16.3 Å². The Bertz CT molecular complexity index is 946. The van der Waals surface area contributed by atoms with E-state index in [-0.39, 0.29) is 17.3 Å². The van der Waals surface area contributed by atoms with Crippen LogP contribution in [0.3, 0.4) is 0 Å². The molecule has 4 nitrogen and oxygen atoms in total. The smallest absolute Gasteiger partial charge is 0.316 e. The number of esters is 1. The Morgan fingerprint density at radius 1 is 1.22 bits per heavy atom. The van der Waals surface area contributed by atoms with Crippen molar-refractivity contribution in [1.82, 2.24) is 4.98 Å². The van der Waals surface area contributed by atoms with Gasteiger partial charge in [-0.05, 0) is 30.3 Å². The Balaban J connectivity index is 1.53. The van der Waals surface area contributed by atoms with Gasteiger partial charge in [-0.1, -0.05) is 12.1 Å². The van der Waals surface area contributed by atoms with Crippen LogP contribution in [-0.4, -0.2) is 23.8 Å². The van der Waals surface area contributed by atoms with Crippen LogP contribution >= 0.6 is 23.1 Å². The zero-order chi connectivity index (χ0) is 19.2. The molecule has 140 valence electrons. The largest absolute Gasteiger partial charge is 0.497 e. The summed E-state index contributed by atoms with van der Waals surface area (Å²) in [5, 5.41) is 2.60. The van der Waals surface area contributed by atoms with E-state index < -0.39 is 17.6 Å². The maximum Gasteiger partial charge on any atom is 0.316 e. The van der Waals surface area contributed by atoms with E-state index in [1.165, 1.54) is 11.3 Å². The van der Waals surface area contributed by atoms with Gasteiger partial charge < -0.3 is 9.47 Å². The first-order valence-electron chi connectivity index (χ1n) is 7.87. The first kappa shape index (κ1) is 19.3. The van der Waals surface area contributed by atoms with Gasteiger partial charge in [0.05, 0.1) is 18.6 Å². The van der Waals surface area contributed by atoms with Crippen molar-refractivity contribution >= 4 is 29.1 Å². The third-order valence-electron chi connectivity index (χ3n) is 3.49. The minimum atomic E-state index is -0.573. The van der Waals surface area contributed by atoms with Crippen molar-refractivity contribution in [1.29, 1.82) is 0 Å². The fourth-order valence-corrected chi connectivity index (χ4v) is 3.74. The lowest BCUT2D eigenvalue weighted by atomic mass is 10.2. The van der Waals surface area contributed by atoms with Crippen LogP contribution in [0.5, 0.6) is 5.75 Å². The second-order valence-electron chi connectivity index (χ2n) is 5.40. The predicted octanol–water partition coefficient (Wildman–Crippen LogP) is 4.93. The number of thioether (sulfide) groups is 1. The van der Waals surface area contributed by atoms with Gasteiger partial charge in [-0.15, -0.1) is 23.1 Å². The molecule has 0 unspecified atom stereocenters. The molecule has 0 spiro atoms. The van der Waals surface area contributed by atoms with Gasteiger partial charge in [-0.2, -0.15) is 0 Å². The molecule has 0 atom stereocenters. The SMILES string of the molecule is COc1cccc(-c2nc(COC(=O)CSc3cc(F)ccc3F)cs2)c1. The van der Waals surface area contributed by atoms with E-state index in [1.54, 1.807) is 7.11 Å². The highest BCUT2D eigenvalue weighted by molar-refractivity contribution is 8.00. The van der Waals surface area contributed by atoms with Crippen molar-refractivity contribution in [2.45, 2.75) is 11.5 Å². The normalized spacial score (nSPS) is 10.6. The average Bonchev–Trinajstić information content (AvgIpc) is 3.16. The third-order valence-corrected chi connectivity index (χ3v) is 5.43. The highest BCUT2D eigenvalue weighted by Gasteiger charge is 2.11. The number of hydrogen-bond acceptors (Lipinski definition) is 6. The monoisotopic (exact) mass is 407 g/mol. The Kier molecular flexibility index (Phi) is 6.41. The molecule has 0 aliphatic rings. The molecule has 0 fully saturated rings. The second-order valence-corrected chi connectivity index (χ2v) is 7.28. The molecule has 2 aromatic carbocycles. The van der Waals surface area contributed by atoms with Crippen LogP contribution in [0.25, 0.3) is 10.6 Å². The maximum atomic E-state index is 13.5. The standard InChI is InChI=1S/C19H15F2NO3S2/c1-24-15-4-2-3-12(7-15)19-22-14(10-27-19)9-25-18(23)11-26-17-8-13(20)5-6-16(17)21/h2-8,10H,9,11H2,1H3. The molecule has 27 heavy (non-hydrogen) atoms. The molecule has 0 saturated carbocycles. The van der Waals surface area contributed by atoms with E-state index >= 15 is 0 Å². The molecular weight excluding hydrogens is 392 g/mol. The second kappa shape index (κ2) is 8.96. The number of benzene rings is 2. The number of nitrogens with zero attached hydrogens (tertiary/aromatic N) is 1. The molecule has 0 aliphatic heterocycles.